The average Bonchev–Trinajstić information content (AvgIpc) is 2.30. The minimum Gasteiger partial charge on any atom is -0.381 e. The van der Waals surface area contributed by atoms with E-state index in [1.165, 1.54) is 12.4 Å². The van der Waals surface area contributed by atoms with E-state index in [1.54, 1.807) is 0 Å². The van der Waals surface area contributed by atoms with Gasteiger partial charge < -0.3 is 10.1 Å². The molecule has 0 radical (unpaired) electrons. The summed E-state index contributed by atoms with van der Waals surface area (Å²) >= 11 is 5.66. The van der Waals surface area contributed by atoms with Crippen molar-refractivity contribution in [1.29, 1.82) is 0 Å². The van der Waals surface area contributed by atoms with Crippen molar-refractivity contribution in [3.8, 4) is 0 Å². The molecule has 0 spiro atoms. The van der Waals surface area contributed by atoms with Crippen molar-refractivity contribution >= 4 is 17.5 Å². The average molecular weight is 242 g/mol. The first-order chi connectivity index (χ1) is 7.75. The first-order valence-corrected chi connectivity index (χ1v) is 5.49. The molecule has 2 rings (SSSR count). The van der Waals surface area contributed by atoms with E-state index in [-0.39, 0.29) is 22.8 Å². The second kappa shape index (κ2) is 5.23. The highest BCUT2D eigenvalue weighted by Gasteiger charge is 2.17. The lowest BCUT2D eigenvalue weighted by Gasteiger charge is -2.22. The van der Waals surface area contributed by atoms with Crippen LogP contribution in [-0.2, 0) is 4.74 Å². The Morgan fingerprint density at radius 1 is 1.44 bits per heavy atom. The second-order valence-corrected chi connectivity index (χ2v) is 3.97. The first-order valence-electron chi connectivity index (χ1n) is 5.12. The van der Waals surface area contributed by atoms with Gasteiger partial charge >= 0.3 is 0 Å². The molecule has 1 amide bonds. The zero-order chi connectivity index (χ0) is 11.4. The van der Waals surface area contributed by atoms with E-state index in [0.717, 1.165) is 12.8 Å². The summed E-state index contributed by atoms with van der Waals surface area (Å²) in [5, 5.41) is 3.10. The van der Waals surface area contributed by atoms with Crippen LogP contribution in [-0.4, -0.2) is 35.1 Å². The van der Waals surface area contributed by atoms with Gasteiger partial charge in [0, 0.05) is 19.3 Å². The minimum absolute atomic E-state index is 0.155. The summed E-state index contributed by atoms with van der Waals surface area (Å²) in [7, 11) is 0. The van der Waals surface area contributed by atoms with E-state index in [9.17, 15) is 4.79 Å². The number of amides is 1. The zero-order valence-electron chi connectivity index (χ0n) is 8.65. The number of halogens is 1. The van der Waals surface area contributed by atoms with E-state index in [0.29, 0.717) is 13.2 Å². The Kier molecular flexibility index (Phi) is 3.69. The molecule has 0 atom stereocenters. The van der Waals surface area contributed by atoms with Gasteiger partial charge in [0.25, 0.3) is 5.91 Å². The molecule has 1 N–H and O–H groups in total. The number of aromatic nitrogens is 2. The van der Waals surface area contributed by atoms with Gasteiger partial charge in [0.1, 0.15) is 10.8 Å². The van der Waals surface area contributed by atoms with Crippen LogP contribution >= 0.6 is 11.6 Å². The molecule has 6 heteroatoms. The van der Waals surface area contributed by atoms with Crippen LogP contribution < -0.4 is 5.32 Å². The van der Waals surface area contributed by atoms with Crippen molar-refractivity contribution < 1.29 is 9.53 Å². The molecular weight excluding hydrogens is 230 g/mol. The molecule has 1 aliphatic heterocycles. The van der Waals surface area contributed by atoms with Gasteiger partial charge in [-0.2, -0.15) is 0 Å². The number of nitrogens with zero attached hydrogens (tertiary/aromatic N) is 2. The van der Waals surface area contributed by atoms with Gasteiger partial charge in [0.05, 0.1) is 12.4 Å². The van der Waals surface area contributed by atoms with Crippen LogP contribution in [0.15, 0.2) is 12.4 Å². The smallest absolute Gasteiger partial charge is 0.271 e. The van der Waals surface area contributed by atoms with Crippen molar-refractivity contribution in [3.63, 3.8) is 0 Å². The fraction of sp³-hybridized carbons (Fsp3) is 0.500. The molecule has 5 nitrogen and oxygen atoms in total. The molecule has 0 bridgehead atoms. The van der Waals surface area contributed by atoms with Gasteiger partial charge in [-0.1, -0.05) is 11.6 Å². The molecule has 0 aromatic carbocycles. The SMILES string of the molecule is O=C(NC1CCOCC1)c1cncc(Cl)n1. The lowest BCUT2D eigenvalue weighted by Crippen LogP contribution is -2.39. The third-order valence-corrected chi connectivity index (χ3v) is 2.58. The lowest BCUT2D eigenvalue weighted by atomic mass is 10.1. The Labute approximate surface area is 98.2 Å². The van der Waals surface area contributed by atoms with Crippen LogP contribution in [0.3, 0.4) is 0 Å². The monoisotopic (exact) mass is 241 g/mol. The van der Waals surface area contributed by atoms with Crippen LogP contribution in [0.2, 0.25) is 5.15 Å². The molecule has 1 saturated heterocycles. The third kappa shape index (κ3) is 2.90. The maximum Gasteiger partial charge on any atom is 0.271 e. The molecule has 2 heterocycles. The van der Waals surface area contributed by atoms with E-state index in [4.69, 9.17) is 16.3 Å². The zero-order valence-corrected chi connectivity index (χ0v) is 9.41. The number of hydrogen-bond donors (Lipinski definition) is 1. The number of hydrogen-bond acceptors (Lipinski definition) is 4. The first kappa shape index (κ1) is 11.3. The van der Waals surface area contributed by atoms with Gasteiger partial charge in [-0.25, -0.2) is 4.98 Å². The van der Waals surface area contributed by atoms with Gasteiger partial charge in [-0.3, -0.25) is 9.78 Å². The maximum atomic E-state index is 11.8. The molecular formula is C10H12ClN3O2. The van der Waals surface area contributed by atoms with Crippen molar-refractivity contribution in [2.45, 2.75) is 18.9 Å². The summed E-state index contributed by atoms with van der Waals surface area (Å²) in [6.45, 7) is 1.37. The Bertz CT molecular complexity index is 380. The summed E-state index contributed by atoms with van der Waals surface area (Å²) in [4.78, 5) is 19.5. The molecule has 1 fully saturated rings. The third-order valence-electron chi connectivity index (χ3n) is 2.39. The largest absolute Gasteiger partial charge is 0.381 e. The summed E-state index contributed by atoms with van der Waals surface area (Å²) in [6.07, 6.45) is 4.47. The molecule has 16 heavy (non-hydrogen) atoms. The normalized spacial score (nSPS) is 17.1. The van der Waals surface area contributed by atoms with Crippen LogP contribution in [0, 0.1) is 0 Å². The second-order valence-electron chi connectivity index (χ2n) is 3.59. The Balaban J connectivity index is 1.97. The Morgan fingerprint density at radius 2 is 2.19 bits per heavy atom. The maximum absolute atomic E-state index is 11.8. The fourth-order valence-electron chi connectivity index (χ4n) is 1.55. The molecule has 0 aliphatic carbocycles. The minimum atomic E-state index is -0.234. The number of rotatable bonds is 2. The summed E-state index contributed by atoms with van der Waals surface area (Å²) in [6, 6.07) is 0.155. The van der Waals surface area contributed by atoms with Crippen molar-refractivity contribution in [2.75, 3.05) is 13.2 Å². The van der Waals surface area contributed by atoms with Gasteiger partial charge in [0.15, 0.2) is 0 Å². The molecule has 1 aliphatic rings. The van der Waals surface area contributed by atoms with Gasteiger partial charge in [0.2, 0.25) is 0 Å². The molecule has 0 unspecified atom stereocenters. The van der Waals surface area contributed by atoms with Gasteiger partial charge in [-0.05, 0) is 12.8 Å². The quantitative estimate of drug-likeness (QED) is 0.840. The Hall–Kier alpha value is -1.20. The summed E-state index contributed by atoms with van der Waals surface area (Å²) < 4.78 is 5.21. The van der Waals surface area contributed by atoms with Crippen LogP contribution in [0.5, 0.6) is 0 Å². The van der Waals surface area contributed by atoms with E-state index < -0.39 is 0 Å². The molecule has 0 saturated carbocycles. The van der Waals surface area contributed by atoms with E-state index in [1.807, 2.05) is 0 Å². The number of carbonyl (C=O) groups excluding carboxylic acids is 1. The lowest BCUT2D eigenvalue weighted by molar-refractivity contribution is 0.0694. The van der Waals surface area contributed by atoms with Crippen molar-refractivity contribution in [3.05, 3.63) is 23.2 Å². The molecule has 1 aromatic rings. The van der Waals surface area contributed by atoms with Crippen LogP contribution in [0.4, 0.5) is 0 Å². The van der Waals surface area contributed by atoms with Gasteiger partial charge in [-0.15, -0.1) is 0 Å². The number of ether oxygens (including phenoxy) is 1. The van der Waals surface area contributed by atoms with E-state index in [2.05, 4.69) is 15.3 Å². The number of carbonyl (C=O) groups is 1. The summed E-state index contributed by atoms with van der Waals surface area (Å²) in [5.74, 6) is -0.234. The summed E-state index contributed by atoms with van der Waals surface area (Å²) in [5.41, 5.74) is 0.249. The van der Waals surface area contributed by atoms with Crippen LogP contribution in [0.25, 0.3) is 0 Å². The van der Waals surface area contributed by atoms with Crippen molar-refractivity contribution in [2.24, 2.45) is 0 Å². The molecule has 1 aromatic heterocycles. The predicted octanol–water partition coefficient (Wildman–Crippen LogP) is 1.04. The highest BCUT2D eigenvalue weighted by molar-refractivity contribution is 6.29. The molecule has 86 valence electrons. The Morgan fingerprint density at radius 3 is 2.88 bits per heavy atom. The topological polar surface area (TPSA) is 64.1 Å². The predicted molar refractivity (Wildman–Crippen MR) is 58.3 cm³/mol. The highest BCUT2D eigenvalue weighted by atomic mass is 35.5. The van der Waals surface area contributed by atoms with Crippen LogP contribution in [0.1, 0.15) is 23.3 Å². The van der Waals surface area contributed by atoms with Crippen molar-refractivity contribution in [1.82, 2.24) is 15.3 Å². The fourth-order valence-corrected chi connectivity index (χ4v) is 1.70. The highest BCUT2D eigenvalue weighted by Crippen LogP contribution is 2.08. The standard InChI is InChI=1S/C10H12ClN3O2/c11-9-6-12-5-8(14-9)10(15)13-7-1-3-16-4-2-7/h5-7H,1-4H2,(H,13,15). The van der Waals surface area contributed by atoms with E-state index >= 15 is 0 Å². The number of nitrogens with one attached hydrogen (secondary N) is 1.